The number of nitrogens with one attached hydrogen (secondary N) is 2. The summed E-state index contributed by atoms with van der Waals surface area (Å²) in [6.07, 6.45) is 3.50. The van der Waals surface area contributed by atoms with E-state index in [1.54, 1.807) is 30.6 Å². The molecule has 0 spiro atoms. The van der Waals surface area contributed by atoms with E-state index in [-0.39, 0.29) is 11.3 Å². The minimum absolute atomic E-state index is 0.0600. The van der Waals surface area contributed by atoms with Gasteiger partial charge in [-0.15, -0.1) is 0 Å². The van der Waals surface area contributed by atoms with Crippen LogP contribution < -0.4 is 10.6 Å². The molecule has 0 saturated carbocycles. The van der Waals surface area contributed by atoms with Crippen molar-refractivity contribution < 1.29 is 18.0 Å². The highest BCUT2D eigenvalue weighted by molar-refractivity contribution is 6.05. The molecule has 1 amide bonds. The van der Waals surface area contributed by atoms with Gasteiger partial charge in [0, 0.05) is 46.9 Å². The molecule has 0 bridgehead atoms. The molecule has 6 nitrogen and oxygen atoms in total. The van der Waals surface area contributed by atoms with E-state index in [0.717, 1.165) is 34.5 Å². The van der Waals surface area contributed by atoms with E-state index in [0.29, 0.717) is 23.8 Å². The molecule has 2 aromatic carbocycles. The number of benzene rings is 2. The predicted molar refractivity (Wildman–Crippen MR) is 132 cm³/mol. The number of allylic oxidation sites excluding steroid dienone is 1. The normalized spacial score (nSPS) is 12.3. The highest BCUT2D eigenvalue weighted by atomic mass is 19.4. The second-order valence-electron chi connectivity index (χ2n) is 8.29. The molecule has 0 radical (unpaired) electrons. The van der Waals surface area contributed by atoms with E-state index in [2.05, 4.69) is 20.6 Å². The summed E-state index contributed by atoms with van der Waals surface area (Å²) < 4.78 is 39.1. The number of alkyl halides is 3. The summed E-state index contributed by atoms with van der Waals surface area (Å²) in [6, 6.07) is 13.3. The molecule has 9 heteroatoms. The Morgan fingerprint density at radius 1 is 1.03 bits per heavy atom. The predicted octanol–water partition coefficient (Wildman–Crippen LogP) is 6.43. The number of halogens is 3. The van der Waals surface area contributed by atoms with Crippen LogP contribution in [-0.2, 0) is 12.6 Å². The van der Waals surface area contributed by atoms with Gasteiger partial charge in [0.25, 0.3) is 5.91 Å². The van der Waals surface area contributed by atoms with Crippen molar-refractivity contribution in [3.63, 3.8) is 0 Å². The van der Waals surface area contributed by atoms with Crippen molar-refractivity contribution >= 4 is 29.2 Å². The highest BCUT2D eigenvalue weighted by Gasteiger charge is 2.30. The van der Waals surface area contributed by atoms with Gasteiger partial charge in [0.2, 0.25) is 0 Å². The lowest BCUT2D eigenvalue weighted by Gasteiger charge is -2.15. The van der Waals surface area contributed by atoms with Crippen molar-refractivity contribution in [3.8, 4) is 11.4 Å². The maximum Gasteiger partial charge on any atom is 0.416 e. The average Bonchev–Trinajstić information content (AvgIpc) is 3.35. The number of pyridine rings is 1. The van der Waals surface area contributed by atoms with Crippen LogP contribution in [0.25, 0.3) is 17.5 Å². The fourth-order valence-corrected chi connectivity index (χ4v) is 3.86. The van der Waals surface area contributed by atoms with Gasteiger partial charge in [0.05, 0.1) is 11.3 Å². The van der Waals surface area contributed by atoms with Crippen LogP contribution in [0.4, 0.5) is 30.4 Å². The monoisotopic (exact) mass is 487 g/mol. The third-order valence-electron chi connectivity index (χ3n) is 5.74. The van der Waals surface area contributed by atoms with Gasteiger partial charge in [-0.05, 0) is 55.0 Å². The largest absolute Gasteiger partial charge is 0.416 e. The Morgan fingerprint density at radius 3 is 2.67 bits per heavy atom. The molecular formula is C27H20F3N5O. The smallest absolute Gasteiger partial charge is 0.339 e. The summed E-state index contributed by atoms with van der Waals surface area (Å²) in [4.78, 5) is 26.4. The Labute approximate surface area is 205 Å². The van der Waals surface area contributed by atoms with Crippen LogP contribution in [0.15, 0.2) is 73.1 Å². The van der Waals surface area contributed by atoms with Crippen molar-refractivity contribution in [2.24, 2.45) is 0 Å². The first-order valence-corrected chi connectivity index (χ1v) is 11.1. The van der Waals surface area contributed by atoms with E-state index in [1.807, 2.05) is 31.2 Å². The first-order chi connectivity index (χ1) is 17.3. The van der Waals surface area contributed by atoms with Crippen LogP contribution in [0.1, 0.15) is 32.7 Å². The molecule has 180 valence electrons. The number of hydrogen-bond donors (Lipinski definition) is 2. The molecule has 36 heavy (non-hydrogen) atoms. The van der Waals surface area contributed by atoms with Crippen molar-refractivity contribution in [2.75, 3.05) is 10.6 Å². The summed E-state index contributed by atoms with van der Waals surface area (Å²) in [7, 11) is 0. The lowest BCUT2D eigenvalue weighted by molar-refractivity contribution is -0.137. The van der Waals surface area contributed by atoms with Crippen molar-refractivity contribution in [1.29, 1.82) is 0 Å². The number of aromatic nitrogens is 3. The molecule has 0 aliphatic heterocycles. The zero-order valence-corrected chi connectivity index (χ0v) is 19.1. The van der Waals surface area contributed by atoms with Gasteiger partial charge in [-0.25, -0.2) is 9.97 Å². The Bertz CT molecular complexity index is 1480. The molecule has 0 unspecified atom stereocenters. The third-order valence-corrected chi connectivity index (χ3v) is 5.74. The lowest BCUT2D eigenvalue weighted by Crippen LogP contribution is -2.14. The van der Waals surface area contributed by atoms with E-state index in [1.165, 1.54) is 12.1 Å². The molecule has 1 aliphatic rings. The second-order valence-corrected chi connectivity index (χ2v) is 8.29. The maximum atomic E-state index is 13.0. The van der Waals surface area contributed by atoms with Crippen LogP contribution in [0.2, 0.25) is 0 Å². The van der Waals surface area contributed by atoms with Crippen LogP contribution in [0.3, 0.4) is 0 Å². The summed E-state index contributed by atoms with van der Waals surface area (Å²) in [5, 5.41) is 5.86. The summed E-state index contributed by atoms with van der Waals surface area (Å²) in [6.45, 7) is 1.89. The van der Waals surface area contributed by atoms with Crippen molar-refractivity contribution in [1.82, 2.24) is 15.0 Å². The van der Waals surface area contributed by atoms with E-state index in [4.69, 9.17) is 4.98 Å². The molecule has 0 atom stereocenters. The lowest BCUT2D eigenvalue weighted by atomic mass is 10.1. The summed E-state index contributed by atoms with van der Waals surface area (Å²) in [5.74, 6) is 0.594. The molecular weight excluding hydrogens is 467 g/mol. The minimum atomic E-state index is -4.50. The zero-order chi connectivity index (χ0) is 25.3. The van der Waals surface area contributed by atoms with Crippen LogP contribution in [0, 0.1) is 6.92 Å². The van der Waals surface area contributed by atoms with Crippen LogP contribution in [-0.4, -0.2) is 20.9 Å². The first-order valence-electron chi connectivity index (χ1n) is 11.1. The SMILES string of the molecule is Cc1ccc(C(=O)Nc2cccc(C(F)(F)F)c2)cc1Nc1nc(-c2cccnc2)nc2c1C=CC2. The molecule has 1 aliphatic carbocycles. The maximum absolute atomic E-state index is 13.0. The minimum Gasteiger partial charge on any atom is -0.339 e. The molecule has 0 saturated heterocycles. The van der Waals surface area contributed by atoms with E-state index < -0.39 is 17.6 Å². The van der Waals surface area contributed by atoms with E-state index in [9.17, 15) is 18.0 Å². The molecule has 2 aromatic heterocycles. The van der Waals surface area contributed by atoms with Crippen LogP contribution in [0.5, 0.6) is 0 Å². The standard InChI is InChI=1S/C27H20F3N5O/c1-16-10-11-17(26(36)32-20-7-2-6-19(14-20)27(28,29)30)13-23(16)34-25-21-8-3-9-22(21)33-24(35-25)18-5-4-12-31-15-18/h2-8,10-15H,9H2,1H3,(H,32,36)(H,33,34,35). The van der Waals surface area contributed by atoms with Gasteiger partial charge >= 0.3 is 6.18 Å². The summed E-state index contributed by atoms with van der Waals surface area (Å²) >= 11 is 0. The van der Waals surface area contributed by atoms with Gasteiger partial charge in [0.15, 0.2) is 5.82 Å². The second kappa shape index (κ2) is 9.26. The fraction of sp³-hybridized carbons (Fsp3) is 0.111. The van der Waals surface area contributed by atoms with Gasteiger partial charge in [0.1, 0.15) is 5.82 Å². The van der Waals surface area contributed by atoms with E-state index >= 15 is 0 Å². The van der Waals surface area contributed by atoms with Gasteiger partial charge < -0.3 is 10.6 Å². The number of hydrogen-bond acceptors (Lipinski definition) is 5. The third kappa shape index (κ3) is 4.81. The molecule has 0 fully saturated rings. The Hall–Kier alpha value is -4.53. The molecule has 4 aromatic rings. The fourth-order valence-electron chi connectivity index (χ4n) is 3.86. The Morgan fingerprint density at radius 2 is 1.89 bits per heavy atom. The molecule has 2 heterocycles. The summed E-state index contributed by atoms with van der Waals surface area (Å²) in [5.41, 5.74) is 3.54. The number of anilines is 3. The van der Waals surface area contributed by atoms with Gasteiger partial charge in [-0.3, -0.25) is 9.78 Å². The van der Waals surface area contributed by atoms with Crippen LogP contribution >= 0.6 is 0 Å². The zero-order valence-electron chi connectivity index (χ0n) is 19.1. The number of fused-ring (bicyclic) bond motifs is 1. The Kier molecular flexibility index (Phi) is 5.97. The number of carbonyl (C=O) groups is 1. The average molecular weight is 487 g/mol. The topological polar surface area (TPSA) is 79.8 Å². The highest BCUT2D eigenvalue weighted by Crippen LogP contribution is 2.32. The van der Waals surface area contributed by atoms with Crippen molar-refractivity contribution in [3.05, 3.63) is 101 Å². The molecule has 5 rings (SSSR count). The quantitative estimate of drug-likeness (QED) is 0.339. The number of nitrogens with zero attached hydrogens (tertiary/aromatic N) is 3. The number of aryl methyl sites for hydroxylation is 1. The first kappa shape index (κ1) is 23.2. The Balaban J connectivity index is 1.44. The van der Waals surface area contributed by atoms with Gasteiger partial charge in [-0.1, -0.05) is 24.3 Å². The number of amides is 1. The molecule has 2 N–H and O–H groups in total. The van der Waals surface area contributed by atoms with Crippen molar-refractivity contribution in [2.45, 2.75) is 19.5 Å². The number of carbonyl (C=O) groups excluding carboxylic acids is 1. The number of rotatable bonds is 5. The van der Waals surface area contributed by atoms with Gasteiger partial charge in [-0.2, -0.15) is 13.2 Å².